The fourth-order valence-electron chi connectivity index (χ4n) is 2.84. The summed E-state index contributed by atoms with van der Waals surface area (Å²) in [6.07, 6.45) is 3.55. The molecular weight excluding hydrogens is 284 g/mol. The zero-order chi connectivity index (χ0) is 15.5. The summed E-state index contributed by atoms with van der Waals surface area (Å²) in [7, 11) is 1.83. The molecule has 2 aromatic heterocycles. The van der Waals surface area contributed by atoms with Crippen molar-refractivity contribution in [2.75, 3.05) is 20.1 Å². The highest BCUT2D eigenvalue weighted by molar-refractivity contribution is 5.91. The maximum absolute atomic E-state index is 12.3. The molecule has 0 bridgehead atoms. The molecule has 1 amide bonds. The van der Waals surface area contributed by atoms with E-state index in [1.54, 1.807) is 24.0 Å². The fourth-order valence-corrected chi connectivity index (χ4v) is 2.84. The first-order valence-electron chi connectivity index (χ1n) is 7.45. The fraction of sp³-hybridized carbons (Fsp3) is 0.533. The molecule has 1 aliphatic rings. The number of likely N-dealkylation sites (N-methyl/N-ethyl adjacent to an activating group) is 1. The van der Waals surface area contributed by atoms with Crippen LogP contribution in [0.25, 0.3) is 0 Å². The largest absolute Gasteiger partial charge is 0.459 e. The van der Waals surface area contributed by atoms with Crippen LogP contribution in [0.4, 0.5) is 0 Å². The molecule has 0 aromatic carbocycles. The Morgan fingerprint density at radius 1 is 1.55 bits per heavy atom. The SMILES string of the molecule is Cc1nc(CN2CCCC(N(C)C(=O)c3ccco3)C2)no1. The van der Waals surface area contributed by atoms with E-state index >= 15 is 0 Å². The Morgan fingerprint density at radius 2 is 2.41 bits per heavy atom. The Morgan fingerprint density at radius 3 is 3.09 bits per heavy atom. The zero-order valence-electron chi connectivity index (χ0n) is 12.9. The minimum atomic E-state index is -0.0766. The first-order valence-corrected chi connectivity index (χ1v) is 7.45. The number of hydrogen-bond donors (Lipinski definition) is 0. The third-order valence-corrected chi connectivity index (χ3v) is 4.02. The van der Waals surface area contributed by atoms with Gasteiger partial charge in [0.05, 0.1) is 12.8 Å². The number of hydrogen-bond acceptors (Lipinski definition) is 6. The lowest BCUT2D eigenvalue weighted by atomic mass is 10.0. The van der Waals surface area contributed by atoms with Crippen LogP contribution < -0.4 is 0 Å². The number of rotatable bonds is 4. The molecule has 1 fully saturated rings. The third kappa shape index (κ3) is 3.19. The lowest BCUT2D eigenvalue weighted by molar-refractivity contribution is 0.0575. The van der Waals surface area contributed by atoms with Gasteiger partial charge in [-0.15, -0.1) is 0 Å². The van der Waals surface area contributed by atoms with E-state index in [2.05, 4.69) is 15.0 Å². The van der Waals surface area contributed by atoms with Crippen LogP contribution in [0.3, 0.4) is 0 Å². The molecule has 118 valence electrons. The average molecular weight is 304 g/mol. The monoisotopic (exact) mass is 304 g/mol. The van der Waals surface area contributed by atoms with Gasteiger partial charge in [-0.25, -0.2) is 0 Å². The molecule has 1 aliphatic heterocycles. The number of amides is 1. The predicted molar refractivity (Wildman–Crippen MR) is 78.1 cm³/mol. The number of aromatic nitrogens is 2. The van der Waals surface area contributed by atoms with E-state index in [0.29, 0.717) is 24.0 Å². The average Bonchev–Trinajstić information content (AvgIpc) is 3.18. The molecule has 1 saturated heterocycles. The normalized spacial score (nSPS) is 19.3. The Labute approximate surface area is 128 Å². The zero-order valence-corrected chi connectivity index (χ0v) is 12.9. The highest BCUT2D eigenvalue weighted by Gasteiger charge is 2.28. The van der Waals surface area contributed by atoms with E-state index in [1.807, 2.05) is 7.05 Å². The molecule has 7 nitrogen and oxygen atoms in total. The Balaban J connectivity index is 1.61. The van der Waals surface area contributed by atoms with E-state index in [9.17, 15) is 4.79 Å². The highest BCUT2D eigenvalue weighted by Crippen LogP contribution is 2.18. The van der Waals surface area contributed by atoms with Crippen LogP contribution >= 0.6 is 0 Å². The van der Waals surface area contributed by atoms with Gasteiger partial charge in [-0.2, -0.15) is 4.98 Å². The molecule has 2 aromatic rings. The molecule has 1 unspecified atom stereocenters. The number of aryl methyl sites for hydroxylation is 1. The summed E-state index contributed by atoms with van der Waals surface area (Å²) >= 11 is 0. The smallest absolute Gasteiger partial charge is 0.289 e. The van der Waals surface area contributed by atoms with E-state index in [0.717, 1.165) is 25.9 Å². The number of furan rings is 1. The number of carbonyl (C=O) groups is 1. The third-order valence-electron chi connectivity index (χ3n) is 4.02. The van der Waals surface area contributed by atoms with Crippen molar-refractivity contribution in [1.82, 2.24) is 19.9 Å². The standard InChI is InChI=1S/C15H20N4O3/c1-11-16-14(17-22-11)10-19-7-3-5-12(9-19)18(2)15(20)13-6-4-8-21-13/h4,6,8,12H,3,5,7,9-10H2,1-2H3. The van der Waals surface area contributed by atoms with Gasteiger partial charge >= 0.3 is 0 Å². The molecule has 0 N–H and O–H groups in total. The van der Waals surface area contributed by atoms with Crippen molar-refractivity contribution in [3.8, 4) is 0 Å². The van der Waals surface area contributed by atoms with Crippen LogP contribution in [0.1, 0.15) is 35.1 Å². The van der Waals surface area contributed by atoms with Crippen molar-refractivity contribution >= 4 is 5.91 Å². The molecule has 3 rings (SSSR count). The second-order valence-electron chi connectivity index (χ2n) is 5.65. The second kappa shape index (κ2) is 6.31. The van der Waals surface area contributed by atoms with Gasteiger partial charge in [0.1, 0.15) is 0 Å². The van der Waals surface area contributed by atoms with Gasteiger partial charge in [-0.3, -0.25) is 9.69 Å². The Bertz CT molecular complexity index is 623. The van der Waals surface area contributed by atoms with Crippen LogP contribution in [0.15, 0.2) is 27.3 Å². The molecule has 7 heteroatoms. The predicted octanol–water partition coefficient (Wildman–Crippen LogP) is 1.71. The first-order chi connectivity index (χ1) is 10.6. The van der Waals surface area contributed by atoms with Crippen LogP contribution in [0.2, 0.25) is 0 Å². The van der Waals surface area contributed by atoms with Crippen molar-refractivity contribution in [3.05, 3.63) is 35.9 Å². The van der Waals surface area contributed by atoms with Crippen molar-refractivity contribution in [2.45, 2.75) is 32.4 Å². The van der Waals surface area contributed by atoms with Gasteiger partial charge in [0.25, 0.3) is 5.91 Å². The number of nitrogens with zero attached hydrogens (tertiary/aromatic N) is 4. The summed E-state index contributed by atoms with van der Waals surface area (Å²) in [6.45, 7) is 4.21. The van der Waals surface area contributed by atoms with Crippen LogP contribution in [0, 0.1) is 6.92 Å². The van der Waals surface area contributed by atoms with Gasteiger partial charge < -0.3 is 13.8 Å². The van der Waals surface area contributed by atoms with Crippen molar-refractivity contribution in [1.29, 1.82) is 0 Å². The Kier molecular flexibility index (Phi) is 4.24. The molecule has 3 heterocycles. The lowest BCUT2D eigenvalue weighted by Gasteiger charge is -2.36. The highest BCUT2D eigenvalue weighted by atomic mass is 16.5. The summed E-state index contributed by atoms with van der Waals surface area (Å²) in [4.78, 5) is 20.6. The van der Waals surface area contributed by atoms with E-state index in [-0.39, 0.29) is 11.9 Å². The summed E-state index contributed by atoms with van der Waals surface area (Å²) in [5.41, 5.74) is 0. The summed E-state index contributed by atoms with van der Waals surface area (Å²) in [6, 6.07) is 3.59. The van der Waals surface area contributed by atoms with Crippen molar-refractivity contribution < 1.29 is 13.7 Å². The van der Waals surface area contributed by atoms with Crippen molar-refractivity contribution in [3.63, 3.8) is 0 Å². The maximum atomic E-state index is 12.3. The summed E-state index contributed by atoms with van der Waals surface area (Å²) in [5, 5.41) is 3.93. The number of carbonyl (C=O) groups excluding carboxylic acids is 1. The number of piperidine rings is 1. The van der Waals surface area contributed by atoms with Crippen LogP contribution in [0.5, 0.6) is 0 Å². The minimum Gasteiger partial charge on any atom is -0.459 e. The molecule has 0 spiro atoms. The quantitative estimate of drug-likeness (QED) is 0.856. The molecule has 0 saturated carbocycles. The molecule has 0 radical (unpaired) electrons. The summed E-state index contributed by atoms with van der Waals surface area (Å²) in [5.74, 6) is 1.58. The lowest BCUT2D eigenvalue weighted by Crippen LogP contribution is -2.48. The minimum absolute atomic E-state index is 0.0766. The van der Waals surface area contributed by atoms with E-state index in [1.165, 1.54) is 6.26 Å². The maximum Gasteiger partial charge on any atom is 0.289 e. The molecule has 22 heavy (non-hydrogen) atoms. The van der Waals surface area contributed by atoms with Gasteiger partial charge in [0.15, 0.2) is 11.6 Å². The van der Waals surface area contributed by atoms with Crippen molar-refractivity contribution in [2.24, 2.45) is 0 Å². The Hall–Kier alpha value is -2.15. The summed E-state index contributed by atoms with van der Waals surface area (Å²) < 4.78 is 10.2. The van der Waals surface area contributed by atoms with Gasteiger partial charge in [-0.1, -0.05) is 5.16 Å². The van der Waals surface area contributed by atoms with Gasteiger partial charge in [0, 0.05) is 26.6 Å². The molecular formula is C15H20N4O3. The topological polar surface area (TPSA) is 75.6 Å². The van der Waals surface area contributed by atoms with E-state index < -0.39 is 0 Å². The van der Waals surface area contributed by atoms with Crippen LogP contribution in [-0.4, -0.2) is 52.0 Å². The van der Waals surface area contributed by atoms with Gasteiger partial charge in [-0.05, 0) is 31.5 Å². The van der Waals surface area contributed by atoms with Crippen LogP contribution in [-0.2, 0) is 6.54 Å². The number of likely N-dealkylation sites (tertiary alicyclic amines) is 1. The van der Waals surface area contributed by atoms with E-state index in [4.69, 9.17) is 8.94 Å². The van der Waals surface area contributed by atoms with Gasteiger partial charge in [0.2, 0.25) is 5.89 Å². The first kappa shape index (κ1) is 14.8. The second-order valence-corrected chi connectivity index (χ2v) is 5.65. The molecule has 1 atom stereocenters. The molecule has 0 aliphatic carbocycles.